The van der Waals surface area contributed by atoms with Gasteiger partial charge >= 0.3 is 0 Å². The average Bonchev–Trinajstić information content (AvgIpc) is 3.25. The van der Waals surface area contributed by atoms with Gasteiger partial charge in [-0.15, -0.1) is 11.3 Å². The third kappa shape index (κ3) is 5.08. The third-order valence-electron chi connectivity index (χ3n) is 4.41. The van der Waals surface area contributed by atoms with Crippen LogP contribution >= 0.6 is 11.3 Å². The van der Waals surface area contributed by atoms with Crippen LogP contribution < -0.4 is 10.1 Å². The van der Waals surface area contributed by atoms with Gasteiger partial charge in [0.05, 0.1) is 6.04 Å². The molecule has 0 spiro atoms. The van der Waals surface area contributed by atoms with Gasteiger partial charge in [0.1, 0.15) is 5.75 Å². The zero-order valence-corrected chi connectivity index (χ0v) is 16.8. The monoisotopic (exact) mass is 393 g/mol. The van der Waals surface area contributed by atoms with Crippen LogP contribution in [0.15, 0.2) is 66.0 Å². The lowest BCUT2D eigenvalue weighted by molar-refractivity contribution is -0.123. The summed E-state index contributed by atoms with van der Waals surface area (Å²) >= 11 is 1.61. The van der Waals surface area contributed by atoms with E-state index in [4.69, 9.17) is 4.74 Å². The number of amides is 1. The van der Waals surface area contributed by atoms with Crippen molar-refractivity contribution in [1.29, 1.82) is 0 Å². The lowest BCUT2D eigenvalue weighted by Gasteiger charge is -2.18. The highest BCUT2D eigenvalue weighted by molar-refractivity contribution is 7.10. The van der Waals surface area contributed by atoms with Crippen LogP contribution in [0.1, 0.15) is 45.7 Å². The molecule has 3 rings (SSSR count). The highest BCUT2D eigenvalue weighted by Crippen LogP contribution is 2.26. The molecule has 0 aliphatic carbocycles. The van der Waals surface area contributed by atoms with Gasteiger partial charge in [0.25, 0.3) is 5.91 Å². The number of nitrogens with one attached hydrogen (secondary N) is 1. The number of rotatable bonds is 8. The number of aryl methyl sites for hydroxylation is 1. The van der Waals surface area contributed by atoms with Gasteiger partial charge in [-0.3, -0.25) is 9.59 Å². The smallest absolute Gasteiger partial charge is 0.258 e. The topological polar surface area (TPSA) is 55.4 Å². The van der Waals surface area contributed by atoms with Crippen molar-refractivity contribution in [2.45, 2.75) is 26.3 Å². The van der Waals surface area contributed by atoms with Crippen molar-refractivity contribution in [2.24, 2.45) is 0 Å². The van der Waals surface area contributed by atoms with Crippen molar-refractivity contribution in [1.82, 2.24) is 5.32 Å². The fraction of sp³-hybridized carbons (Fsp3) is 0.217. The van der Waals surface area contributed by atoms with Crippen LogP contribution in [-0.2, 0) is 4.79 Å². The van der Waals surface area contributed by atoms with Crippen molar-refractivity contribution in [3.05, 3.63) is 87.6 Å². The molecule has 0 unspecified atom stereocenters. The maximum absolute atomic E-state index is 12.5. The minimum atomic E-state index is -0.207. The quantitative estimate of drug-likeness (QED) is 0.552. The maximum atomic E-state index is 12.5. The Morgan fingerprint density at radius 2 is 1.75 bits per heavy atom. The summed E-state index contributed by atoms with van der Waals surface area (Å²) in [6, 6.07) is 18.8. The van der Waals surface area contributed by atoms with Crippen LogP contribution in [0.2, 0.25) is 0 Å². The highest BCUT2D eigenvalue weighted by Gasteiger charge is 2.18. The molecular formula is C23H23NO3S. The lowest BCUT2D eigenvalue weighted by atomic mass is 10.0. The van der Waals surface area contributed by atoms with E-state index in [-0.39, 0.29) is 24.3 Å². The summed E-state index contributed by atoms with van der Waals surface area (Å²) in [6.45, 7) is 3.78. The first-order valence-corrected chi connectivity index (χ1v) is 10.1. The fourth-order valence-corrected chi connectivity index (χ4v) is 3.63. The molecule has 1 aromatic heterocycles. The van der Waals surface area contributed by atoms with E-state index in [1.807, 2.05) is 55.6 Å². The van der Waals surface area contributed by atoms with E-state index in [9.17, 15) is 9.59 Å². The Bertz CT molecular complexity index is 915. The second kappa shape index (κ2) is 9.33. The number of ketones is 1. The van der Waals surface area contributed by atoms with E-state index < -0.39 is 0 Å². The Hall–Kier alpha value is -2.92. The molecule has 4 nitrogen and oxygen atoms in total. The van der Waals surface area contributed by atoms with Gasteiger partial charge in [-0.25, -0.2) is 0 Å². The summed E-state index contributed by atoms with van der Waals surface area (Å²) in [4.78, 5) is 25.2. The Morgan fingerprint density at radius 3 is 2.36 bits per heavy atom. The summed E-state index contributed by atoms with van der Waals surface area (Å²) in [6.07, 6.45) is 0.464. The summed E-state index contributed by atoms with van der Waals surface area (Å²) in [5.74, 6) is 0.444. The molecule has 144 valence electrons. The Kier molecular flexibility index (Phi) is 6.61. The molecule has 5 heteroatoms. The largest absolute Gasteiger partial charge is 0.484 e. The number of carbonyl (C=O) groups excluding carboxylic acids is 2. The van der Waals surface area contributed by atoms with Gasteiger partial charge < -0.3 is 10.1 Å². The van der Waals surface area contributed by atoms with Gasteiger partial charge in [0, 0.05) is 16.9 Å². The van der Waals surface area contributed by atoms with Crippen molar-refractivity contribution < 1.29 is 14.3 Å². The molecule has 2 aromatic carbocycles. The molecule has 0 saturated heterocycles. The molecule has 1 N–H and O–H groups in total. The normalized spacial score (nSPS) is 11.6. The standard InChI is InChI=1S/C23H23NO3S/c1-3-20(25)17-10-12-19(13-11-17)27-15-22(26)24-23(21-5-4-14-28-21)18-8-6-16(2)7-9-18/h4-14,23H,3,15H2,1-2H3,(H,24,26)/t23-/m1/s1. The Labute approximate surface area is 169 Å². The molecule has 0 bridgehead atoms. The van der Waals surface area contributed by atoms with Gasteiger partial charge in [0.2, 0.25) is 0 Å². The van der Waals surface area contributed by atoms with Crippen molar-refractivity contribution >= 4 is 23.0 Å². The number of hydrogen-bond donors (Lipinski definition) is 1. The number of Topliss-reactive ketones (excluding diaryl/α,β-unsaturated/α-hetero) is 1. The van der Waals surface area contributed by atoms with Crippen LogP contribution in [0, 0.1) is 6.92 Å². The van der Waals surface area contributed by atoms with Gasteiger partial charge in [-0.2, -0.15) is 0 Å². The highest BCUT2D eigenvalue weighted by atomic mass is 32.1. The maximum Gasteiger partial charge on any atom is 0.258 e. The molecule has 0 radical (unpaired) electrons. The molecule has 28 heavy (non-hydrogen) atoms. The molecule has 1 atom stereocenters. The van der Waals surface area contributed by atoms with Crippen molar-refractivity contribution in [3.63, 3.8) is 0 Å². The summed E-state index contributed by atoms with van der Waals surface area (Å²) in [5, 5.41) is 5.05. The minimum Gasteiger partial charge on any atom is -0.484 e. The summed E-state index contributed by atoms with van der Waals surface area (Å²) < 4.78 is 5.59. The van der Waals surface area contributed by atoms with Crippen molar-refractivity contribution in [2.75, 3.05) is 6.61 Å². The minimum absolute atomic E-state index is 0.0844. The molecule has 1 heterocycles. The zero-order valence-electron chi connectivity index (χ0n) is 16.0. The predicted octanol–water partition coefficient (Wildman–Crippen LogP) is 4.93. The third-order valence-corrected chi connectivity index (χ3v) is 5.35. The number of ether oxygens (including phenoxy) is 1. The van der Waals surface area contributed by atoms with E-state index >= 15 is 0 Å². The van der Waals surface area contributed by atoms with Crippen LogP contribution in [0.4, 0.5) is 0 Å². The SMILES string of the molecule is CCC(=O)c1ccc(OCC(=O)N[C@H](c2ccc(C)cc2)c2cccs2)cc1. The second-order valence-corrected chi connectivity index (χ2v) is 7.50. The van der Waals surface area contributed by atoms with Crippen LogP contribution in [0.25, 0.3) is 0 Å². The molecule has 0 fully saturated rings. The molecule has 0 saturated carbocycles. The van der Waals surface area contributed by atoms with E-state index in [1.165, 1.54) is 5.56 Å². The number of benzene rings is 2. The average molecular weight is 394 g/mol. The number of thiophene rings is 1. The molecule has 0 aliphatic heterocycles. The molecule has 1 amide bonds. The van der Waals surface area contributed by atoms with Crippen LogP contribution in [0.3, 0.4) is 0 Å². The van der Waals surface area contributed by atoms with E-state index in [0.29, 0.717) is 17.7 Å². The number of carbonyl (C=O) groups is 2. The lowest BCUT2D eigenvalue weighted by Crippen LogP contribution is -2.32. The Balaban J connectivity index is 1.64. The first-order valence-electron chi connectivity index (χ1n) is 9.22. The fourth-order valence-electron chi connectivity index (χ4n) is 2.83. The molecular weight excluding hydrogens is 370 g/mol. The van der Waals surface area contributed by atoms with E-state index in [2.05, 4.69) is 5.32 Å². The van der Waals surface area contributed by atoms with E-state index in [1.54, 1.807) is 35.6 Å². The molecule has 3 aromatic rings. The van der Waals surface area contributed by atoms with Gasteiger partial charge in [0.15, 0.2) is 12.4 Å². The summed E-state index contributed by atoms with van der Waals surface area (Å²) in [5.41, 5.74) is 2.86. The second-order valence-electron chi connectivity index (χ2n) is 6.52. The van der Waals surface area contributed by atoms with E-state index in [0.717, 1.165) is 10.4 Å². The van der Waals surface area contributed by atoms with Gasteiger partial charge in [-0.05, 0) is 48.2 Å². The van der Waals surface area contributed by atoms with Crippen molar-refractivity contribution in [3.8, 4) is 5.75 Å². The first kappa shape index (κ1) is 19.8. The predicted molar refractivity (Wildman–Crippen MR) is 112 cm³/mol. The Morgan fingerprint density at radius 1 is 1.04 bits per heavy atom. The van der Waals surface area contributed by atoms with Gasteiger partial charge in [-0.1, -0.05) is 42.8 Å². The first-order chi connectivity index (χ1) is 13.6. The number of hydrogen-bond acceptors (Lipinski definition) is 4. The van der Waals surface area contributed by atoms with Crippen LogP contribution in [-0.4, -0.2) is 18.3 Å². The summed E-state index contributed by atoms with van der Waals surface area (Å²) in [7, 11) is 0. The molecule has 0 aliphatic rings. The zero-order chi connectivity index (χ0) is 19.9. The van der Waals surface area contributed by atoms with Crippen LogP contribution in [0.5, 0.6) is 5.75 Å².